The van der Waals surface area contributed by atoms with Gasteiger partial charge in [0, 0.05) is 12.1 Å². The van der Waals surface area contributed by atoms with E-state index in [2.05, 4.69) is 0 Å². The summed E-state index contributed by atoms with van der Waals surface area (Å²) in [5.41, 5.74) is 1.32. The predicted molar refractivity (Wildman–Crippen MR) is 115 cm³/mol. The molecule has 2 heterocycles. The largest absolute Gasteiger partial charge is 0.469 e. The number of nitrogens with zero attached hydrogens (tertiary/aromatic N) is 1. The standard InChI is InChI=1S/C25H23NO4/c1-17-16-30-18(2)23(17)22(27)15-25(29)20-12-6-7-13-21(20)26(24(25)28)14-8-11-19-9-4-3-5-10-19/h3-13,16,29H,14-15H2,1-2H3/b11-8+. The molecule has 4 rings (SSSR count). The highest BCUT2D eigenvalue weighted by Gasteiger charge is 2.50. The van der Waals surface area contributed by atoms with Crippen LogP contribution in [0.3, 0.4) is 0 Å². The summed E-state index contributed by atoms with van der Waals surface area (Å²) in [6, 6.07) is 16.9. The summed E-state index contributed by atoms with van der Waals surface area (Å²) in [6.07, 6.45) is 4.99. The summed E-state index contributed by atoms with van der Waals surface area (Å²) in [6.45, 7) is 3.78. The topological polar surface area (TPSA) is 70.7 Å². The number of anilines is 1. The van der Waals surface area contributed by atoms with Crippen molar-refractivity contribution in [3.63, 3.8) is 0 Å². The zero-order valence-corrected chi connectivity index (χ0v) is 17.0. The number of aliphatic hydroxyl groups is 1. The molecule has 1 atom stereocenters. The summed E-state index contributed by atoms with van der Waals surface area (Å²) < 4.78 is 5.32. The van der Waals surface area contributed by atoms with E-state index in [1.807, 2.05) is 48.6 Å². The Morgan fingerprint density at radius 3 is 2.50 bits per heavy atom. The van der Waals surface area contributed by atoms with Gasteiger partial charge in [-0.15, -0.1) is 0 Å². The van der Waals surface area contributed by atoms with Crippen LogP contribution in [0.4, 0.5) is 5.69 Å². The first-order valence-electron chi connectivity index (χ1n) is 9.85. The molecule has 2 aromatic carbocycles. The van der Waals surface area contributed by atoms with Crippen molar-refractivity contribution in [3.8, 4) is 0 Å². The van der Waals surface area contributed by atoms with Gasteiger partial charge in [0.15, 0.2) is 11.4 Å². The number of ketones is 1. The van der Waals surface area contributed by atoms with Crippen LogP contribution in [0.2, 0.25) is 0 Å². The van der Waals surface area contributed by atoms with Crippen LogP contribution in [-0.4, -0.2) is 23.3 Å². The van der Waals surface area contributed by atoms with E-state index in [0.29, 0.717) is 34.7 Å². The van der Waals surface area contributed by atoms with Crippen LogP contribution < -0.4 is 4.90 Å². The molecule has 0 saturated heterocycles. The first kappa shape index (κ1) is 19.9. The fourth-order valence-electron chi connectivity index (χ4n) is 4.03. The van der Waals surface area contributed by atoms with E-state index in [9.17, 15) is 14.7 Å². The molecule has 0 aliphatic carbocycles. The molecule has 1 aliphatic heterocycles. The van der Waals surface area contributed by atoms with Crippen molar-refractivity contribution in [2.45, 2.75) is 25.9 Å². The van der Waals surface area contributed by atoms with Gasteiger partial charge in [-0.05, 0) is 31.0 Å². The molecule has 0 spiro atoms. The molecule has 152 valence electrons. The lowest BCUT2D eigenvalue weighted by Gasteiger charge is -2.22. The third kappa shape index (κ3) is 3.37. The molecule has 3 aromatic rings. The van der Waals surface area contributed by atoms with Gasteiger partial charge in [-0.3, -0.25) is 9.59 Å². The van der Waals surface area contributed by atoms with Crippen molar-refractivity contribution in [1.82, 2.24) is 0 Å². The number of carbonyl (C=O) groups excluding carboxylic acids is 2. The maximum atomic E-state index is 13.3. The first-order valence-corrected chi connectivity index (χ1v) is 9.85. The molecule has 30 heavy (non-hydrogen) atoms. The number of furan rings is 1. The number of hydrogen-bond donors (Lipinski definition) is 1. The van der Waals surface area contributed by atoms with E-state index in [-0.39, 0.29) is 12.2 Å². The van der Waals surface area contributed by atoms with Gasteiger partial charge in [0.25, 0.3) is 5.91 Å². The molecule has 1 unspecified atom stereocenters. The second-order valence-corrected chi connectivity index (χ2v) is 7.56. The van der Waals surface area contributed by atoms with Gasteiger partial charge in [-0.1, -0.05) is 60.7 Å². The van der Waals surface area contributed by atoms with E-state index in [1.165, 1.54) is 11.2 Å². The lowest BCUT2D eigenvalue weighted by Crippen LogP contribution is -2.42. The smallest absolute Gasteiger partial charge is 0.264 e. The van der Waals surface area contributed by atoms with Crippen LogP contribution in [-0.2, 0) is 10.4 Å². The Morgan fingerprint density at radius 2 is 1.80 bits per heavy atom. The molecule has 1 N–H and O–H groups in total. The summed E-state index contributed by atoms with van der Waals surface area (Å²) in [4.78, 5) is 27.8. The second kappa shape index (κ2) is 7.76. The molecule has 0 saturated carbocycles. The van der Waals surface area contributed by atoms with Gasteiger partial charge in [0.2, 0.25) is 0 Å². The molecular formula is C25H23NO4. The molecule has 0 fully saturated rings. The number of benzene rings is 2. The minimum Gasteiger partial charge on any atom is -0.469 e. The fraction of sp³-hybridized carbons (Fsp3) is 0.200. The van der Waals surface area contributed by atoms with Crippen molar-refractivity contribution in [1.29, 1.82) is 0 Å². The average Bonchev–Trinajstić information content (AvgIpc) is 3.18. The van der Waals surface area contributed by atoms with Crippen LogP contribution >= 0.6 is 0 Å². The van der Waals surface area contributed by atoms with Gasteiger partial charge in [0.05, 0.1) is 23.9 Å². The van der Waals surface area contributed by atoms with Gasteiger partial charge in [-0.2, -0.15) is 0 Å². The van der Waals surface area contributed by atoms with Crippen molar-refractivity contribution < 1.29 is 19.1 Å². The summed E-state index contributed by atoms with van der Waals surface area (Å²) >= 11 is 0. The average molecular weight is 401 g/mol. The zero-order valence-electron chi connectivity index (χ0n) is 17.0. The van der Waals surface area contributed by atoms with E-state index >= 15 is 0 Å². The number of hydrogen-bond acceptors (Lipinski definition) is 4. The van der Waals surface area contributed by atoms with Crippen LogP contribution in [0.25, 0.3) is 6.08 Å². The molecule has 1 aromatic heterocycles. The molecule has 0 radical (unpaired) electrons. The Labute approximate surface area is 175 Å². The Balaban J connectivity index is 1.62. The van der Waals surface area contributed by atoms with E-state index in [4.69, 9.17) is 4.42 Å². The highest BCUT2D eigenvalue weighted by molar-refractivity contribution is 6.11. The number of rotatable bonds is 6. The Bertz CT molecular complexity index is 1110. The Morgan fingerprint density at radius 1 is 1.10 bits per heavy atom. The third-order valence-electron chi connectivity index (χ3n) is 5.49. The highest BCUT2D eigenvalue weighted by Crippen LogP contribution is 2.43. The molecule has 1 aliphatic rings. The number of para-hydroxylation sites is 1. The maximum absolute atomic E-state index is 13.3. The lowest BCUT2D eigenvalue weighted by molar-refractivity contribution is -0.135. The van der Waals surface area contributed by atoms with Crippen LogP contribution in [0.5, 0.6) is 0 Å². The van der Waals surface area contributed by atoms with Crippen molar-refractivity contribution in [2.75, 3.05) is 11.4 Å². The number of amides is 1. The maximum Gasteiger partial charge on any atom is 0.264 e. The summed E-state index contributed by atoms with van der Waals surface area (Å²) in [5.74, 6) is -0.317. The minimum atomic E-state index is -1.90. The molecular weight excluding hydrogens is 378 g/mol. The van der Waals surface area contributed by atoms with Gasteiger partial charge >= 0.3 is 0 Å². The SMILES string of the molecule is Cc1coc(C)c1C(=O)CC1(O)C(=O)N(C/C=C/c2ccccc2)c2ccccc21. The molecule has 1 amide bonds. The van der Waals surface area contributed by atoms with Crippen LogP contribution in [0.1, 0.15) is 39.2 Å². The van der Waals surface area contributed by atoms with E-state index < -0.39 is 11.5 Å². The Hall–Kier alpha value is -3.44. The quantitative estimate of drug-likeness (QED) is 0.621. The number of carbonyl (C=O) groups is 2. The van der Waals surface area contributed by atoms with Crippen LogP contribution in [0.15, 0.2) is 71.4 Å². The van der Waals surface area contributed by atoms with Gasteiger partial charge in [0.1, 0.15) is 5.76 Å². The Kier molecular flexibility index (Phi) is 5.14. The number of Topliss-reactive ketones (excluding diaryl/α,β-unsaturated/α-hetero) is 1. The van der Waals surface area contributed by atoms with Gasteiger partial charge < -0.3 is 14.4 Å². The minimum absolute atomic E-state index is 0.297. The highest BCUT2D eigenvalue weighted by atomic mass is 16.3. The summed E-state index contributed by atoms with van der Waals surface area (Å²) in [7, 11) is 0. The van der Waals surface area contributed by atoms with Crippen molar-refractivity contribution in [2.24, 2.45) is 0 Å². The van der Waals surface area contributed by atoms with Crippen molar-refractivity contribution >= 4 is 23.5 Å². The number of fused-ring (bicyclic) bond motifs is 1. The van der Waals surface area contributed by atoms with E-state index in [0.717, 1.165) is 5.56 Å². The second-order valence-electron chi connectivity index (χ2n) is 7.56. The fourth-order valence-corrected chi connectivity index (χ4v) is 4.03. The predicted octanol–water partition coefficient (Wildman–Crippen LogP) is 4.42. The van der Waals surface area contributed by atoms with Gasteiger partial charge in [-0.25, -0.2) is 0 Å². The molecule has 5 nitrogen and oxygen atoms in total. The van der Waals surface area contributed by atoms with Crippen LogP contribution in [0, 0.1) is 13.8 Å². The summed E-state index contributed by atoms with van der Waals surface area (Å²) in [5, 5.41) is 11.4. The molecule has 0 bridgehead atoms. The number of aryl methyl sites for hydroxylation is 2. The molecule has 5 heteroatoms. The van der Waals surface area contributed by atoms with E-state index in [1.54, 1.807) is 32.0 Å². The lowest BCUT2D eigenvalue weighted by atomic mass is 9.87. The van der Waals surface area contributed by atoms with Crippen molar-refractivity contribution in [3.05, 3.63) is 95.0 Å². The monoisotopic (exact) mass is 401 g/mol. The third-order valence-corrected chi connectivity index (χ3v) is 5.49. The normalized spacial score (nSPS) is 18.2. The zero-order chi connectivity index (χ0) is 21.3. The first-order chi connectivity index (χ1) is 14.4.